The Labute approximate surface area is 164 Å². The van der Waals surface area contributed by atoms with Crippen molar-refractivity contribution in [2.45, 2.75) is 25.4 Å². The molecule has 2 aromatic rings. The summed E-state index contributed by atoms with van der Waals surface area (Å²) in [6, 6.07) is 18.9. The lowest BCUT2D eigenvalue weighted by Crippen LogP contribution is -2.65. The van der Waals surface area contributed by atoms with Crippen LogP contribution in [0.1, 0.15) is 18.1 Å². The van der Waals surface area contributed by atoms with Crippen molar-refractivity contribution in [2.24, 2.45) is 0 Å². The Morgan fingerprint density at radius 2 is 1.50 bits per heavy atom. The molecule has 146 valence electrons. The molecule has 6 heteroatoms. The van der Waals surface area contributed by atoms with Crippen LogP contribution in [0.3, 0.4) is 0 Å². The molecule has 0 unspecified atom stereocenters. The van der Waals surface area contributed by atoms with E-state index < -0.39 is 23.3 Å². The fourth-order valence-corrected chi connectivity index (χ4v) is 3.59. The fourth-order valence-electron chi connectivity index (χ4n) is 3.59. The van der Waals surface area contributed by atoms with Gasteiger partial charge in [0, 0.05) is 26.1 Å². The van der Waals surface area contributed by atoms with Gasteiger partial charge in [0.1, 0.15) is 5.54 Å². The minimum absolute atomic E-state index is 0.274. The summed E-state index contributed by atoms with van der Waals surface area (Å²) in [5.41, 5.74) is 0.598. The van der Waals surface area contributed by atoms with Gasteiger partial charge in [-0.25, -0.2) is 4.79 Å². The Morgan fingerprint density at radius 3 is 2.07 bits per heavy atom. The molecule has 0 aromatic heterocycles. The van der Waals surface area contributed by atoms with E-state index in [0.717, 1.165) is 11.1 Å². The van der Waals surface area contributed by atoms with Crippen molar-refractivity contribution in [3.05, 3.63) is 71.8 Å². The van der Waals surface area contributed by atoms with Crippen LogP contribution < -0.4 is 0 Å². The number of nitrogens with zero attached hydrogens (tertiary/aromatic N) is 2. The van der Waals surface area contributed by atoms with Crippen LogP contribution in [0.15, 0.2) is 60.7 Å². The molecule has 1 fully saturated rings. The van der Waals surface area contributed by atoms with Gasteiger partial charge in [0.05, 0.1) is 7.11 Å². The highest BCUT2D eigenvalue weighted by atomic mass is 16.5. The van der Waals surface area contributed by atoms with Gasteiger partial charge < -0.3 is 14.5 Å². The zero-order valence-electron chi connectivity index (χ0n) is 16.1. The molecule has 28 heavy (non-hydrogen) atoms. The monoisotopic (exact) mass is 380 g/mol. The predicted octanol–water partition coefficient (Wildman–Crippen LogP) is 2.03. The first-order chi connectivity index (χ1) is 13.5. The van der Waals surface area contributed by atoms with Gasteiger partial charge in [-0.1, -0.05) is 60.7 Å². The number of methoxy groups -OCH3 is 1. The third-order valence-corrected chi connectivity index (χ3v) is 5.14. The van der Waals surface area contributed by atoms with Crippen LogP contribution in [0.2, 0.25) is 0 Å². The lowest BCUT2D eigenvalue weighted by Gasteiger charge is -2.43. The van der Waals surface area contributed by atoms with E-state index in [1.165, 1.54) is 16.9 Å². The molecule has 1 saturated heterocycles. The molecule has 1 aliphatic heterocycles. The van der Waals surface area contributed by atoms with Crippen molar-refractivity contribution < 1.29 is 19.1 Å². The molecule has 0 spiro atoms. The average molecular weight is 380 g/mol. The molecule has 3 rings (SSSR count). The average Bonchev–Trinajstić information content (AvgIpc) is 2.72. The quantitative estimate of drug-likeness (QED) is 0.568. The first kappa shape index (κ1) is 19.6. The van der Waals surface area contributed by atoms with E-state index in [2.05, 4.69) is 0 Å². The number of carbonyl (C=O) groups is 3. The number of amides is 2. The maximum absolute atomic E-state index is 12.9. The number of rotatable bonds is 6. The second kappa shape index (κ2) is 8.25. The van der Waals surface area contributed by atoms with Crippen molar-refractivity contribution in [2.75, 3.05) is 20.2 Å². The smallest absolute Gasteiger partial charge is 0.331 e. The summed E-state index contributed by atoms with van der Waals surface area (Å²) in [7, 11) is 1.30. The third kappa shape index (κ3) is 3.91. The van der Waals surface area contributed by atoms with E-state index >= 15 is 0 Å². The largest absolute Gasteiger partial charge is 0.467 e. The van der Waals surface area contributed by atoms with Gasteiger partial charge >= 0.3 is 17.8 Å². The van der Waals surface area contributed by atoms with Gasteiger partial charge in [-0.3, -0.25) is 9.59 Å². The number of ether oxygens (including phenoxy) is 1. The Bertz CT molecular complexity index is 853. The van der Waals surface area contributed by atoms with Crippen molar-refractivity contribution in [3.63, 3.8) is 0 Å². The lowest BCUT2D eigenvalue weighted by atomic mass is 9.89. The number of esters is 1. The molecule has 6 nitrogen and oxygen atoms in total. The van der Waals surface area contributed by atoms with E-state index in [-0.39, 0.29) is 13.0 Å². The summed E-state index contributed by atoms with van der Waals surface area (Å²) >= 11 is 0. The summed E-state index contributed by atoms with van der Waals surface area (Å²) in [5, 5.41) is 0. The van der Waals surface area contributed by atoms with Gasteiger partial charge in [-0.05, 0) is 18.1 Å². The predicted molar refractivity (Wildman–Crippen MR) is 104 cm³/mol. The molecule has 0 saturated carbocycles. The second-order valence-electron chi connectivity index (χ2n) is 7.10. The van der Waals surface area contributed by atoms with Crippen LogP contribution in [0.5, 0.6) is 0 Å². The van der Waals surface area contributed by atoms with Crippen LogP contribution >= 0.6 is 0 Å². The molecule has 2 amide bonds. The summed E-state index contributed by atoms with van der Waals surface area (Å²) in [4.78, 5) is 41.1. The Balaban J connectivity index is 1.81. The maximum atomic E-state index is 12.9. The molecular formula is C22H24N2O4. The van der Waals surface area contributed by atoms with Crippen LogP contribution in [0.25, 0.3) is 0 Å². The minimum atomic E-state index is -1.25. The summed E-state index contributed by atoms with van der Waals surface area (Å²) in [6.07, 6.45) is 0.276. The van der Waals surface area contributed by atoms with Gasteiger partial charge in [-0.2, -0.15) is 0 Å². The highest BCUT2D eigenvalue weighted by molar-refractivity contribution is 6.36. The fraction of sp³-hybridized carbons (Fsp3) is 0.318. The van der Waals surface area contributed by atoms with Crippen LogP contribution in [0.4, 0.5) is 0 Å². The summed E-state index contributed by atoms with van der Waals surface area (Å²) in [6.45, 7) is 2.66. The van der Waals surface area contributed by atoms with E-state index in [9.17, 15) is 14.4 Å². The molecule has 1 atom stereocenters. The van der Waals surface area contributed by atoms with Gasteiger partial charge in [0.25, 0.3) is 0 Å². The normalized spacial score (nSPS) is 16.6. The van der Waals surface area contributed by atoms with Crippen molar-refractivity contribution in [3.8, 4) is 0 Å². The highest BCUT2D eigenvalue weighted by Crippen LogP contribution is 2.26. The van der Waals surface area contributed by atoms with Crippen LogP contribution in [-0.2, 0) is 32.1 Å². The van der Waals surface area contributed by atoms with Gasteiger partial charge in [0.15, 0.2) is 0 Å². The summed E-state index contributed by atoms with van der Waals surface area (Å²) in [5.74, 6) is -1.81. The van der Waals surface area contributed by atoms with Crippen molar-refractivity contribution >= 4 is 17.8 Å². The molecule has 1 heterocycles. The number of piperazine rings is 1. The number of benzene rings is 2. The Hall–Kier alpha value is -3.15. The minimum Gasteiger partial charge on any atom is -0.467 e. The first-order valence-electron chi connectivity index (χ1n) is 9.23. The van der Waals surface area contributed by atoms with Crippen LogP contribution in [-0.4, -0.2) is 53.3 Å². The zero-order valence-corrected chi connectivity index (χ0v) is 16.1. The zero-order chi connectivity index (χ0) is 20.1. The maximum Gasteiger partial charge on any atom is 0.331 e. The molecule has 0 radical (unpaired) electrons. The van der Waals surface area contributed by atoms with E-state index in [1.807, 2.05) is 60.7 Å². The summed E-state index contributed by atoms with van der Waals surface area (Å²) < 4.78 is 4.99. The highest BCUT2D eigenvalue weighted by Gasteiger charge is 2.48. The first-order valence-corrected chi connectivity index (χ1v) is 9.23. The van der Waals surface area contributed by atoms with Crippen molar-refractivity contribution in [1.82, 2.24) is 9.80 Å². The third-order valence-electron chi connectivity index (χ3n) is 5.14. The van der Waals surface area contributed by atoms with Gasteiger partial charge in [0.2, 0.25) is 0 Å². The molecular weight excluding hydrogens is 356 g/mol. The van der Waals surface area contributed by atoms with E-state index in [4.69, 9.17) is 4.74 Å². The number of carbonyl (C=O) groups excluding carboxylic acids is 3. The van der Waals surface area contributed by atoms with Gasteiger partial charge in [-0.15, -0.1) is 0 Å². The molecule has 0 bridgehead atoms. The van der Waals surface area contributed by atoms with E-state index in [1.54, 1.807) is 6.92 Å². The molecule has 1 aliphatic rings. The molecule has 0 aliphatic carbocycles. The lowest BCUT2D eigenvalue weighted by molar-refractivity contribution is -0.170. The number of hydrogen-bond acceptors (Lipinski definition) is 4. The van der Waals surface area contributed by atoms with Crippen molar-refractivity contribution in [1.29, 1.82) is 0 Å². The Kier molecular flexibility index (Phi) is 5.78. The Morgan fingerprint density at radius 1 is 0.929 bits per heavy atom. The standard InChI is InChI=1S/C22H24N2O4/c1-22(21(27)28-2,15-17-9-5-3-6-10-17)24-14-13-23(19(25)20(24)26)16-18-11-7-4-8-12-18/h3-12H,13-16H2,1-2H3/t22-/m1/s1. The topological polar surface area (TPSA) is 66.9 Å². The second-order valence-corrected chi connectivity index (χ2v) is 7.10. The number of hydrogen-bond donors (Lipinski definition) is 0. The molecule has 2 aromatic carbocycles. The van der Waals surface area contributed by atoms with E-state index in [0.29, 0.717) is 13.1 Å². The molecule has 0 N–H and O–H groups in total. The SMILES string of the molecule is COC(=O)[C@@](C)(Cc1ccccc1)N1CCN(Cc2ccccc2)C(=O)C1=O. The van der Waals surface area contributed by atoms with Crippen LogP contribution in [0, 0.1) is 0 Å².